The SMILES string of the molecule is CCC(C)(C)CC(C)(C)C1(C)N=N1. The van der Waals surface area contributed by atoms with Crippen LogP contribution in [0.5, 0.6) is 0 Å². The minimum Gasteiger partial charge on any atom is -0.159 e. The van der Waals surface area contributed by atoms with Crippen LogP contribution in [0.3, 0.4) is 0 Å². The summed E-state index contributed by atoms with van der Waals surface area (Å²) in [5, 5.41) is 8.30. The minimum absolute atomic E-state index is 0.0978. The van der Waals surface area contributed by atoms with Gasteiger partial charge in [0.1, 0.15) is 0 Å². The second-order valence-corrected chi connectivity index (χ2v) is 5.80. The molecule has 0 unspecified atom stereocenters. The molecular weight excluding hydrogens is 160 g/mol. The lowest BCUT2D eigenvalue weighted by Gasteiger charge is -2.36. The molecular formula is C11H22N2. The second-order valence-electron chi connectivity index (χ2n) is 5.80. The van der Waals surface area contributed by atoms with Crippen LogP contribution < -0.4 is 0 Å². The van der Waals surface area contributed by atoms with Crippen LogP contribution in [0.1, 0.15) is 54.4 Å². The van der Waals surface area contributed by atoms with E-state index in [1.807, 2.05) is 0 Å². The van der Waals surface area contributed by atoms with E-state index >= 15 is 0 Å². The summed E-state index contributed by atoms with van der Waals surface area (Å²) in [5.74, 6) is 0. The third-order valence-corrected chi connectivity index (χ3v) is 3.56. The van der Waals surface area contributed by atoms with E-state index in [9.17, 15) is 0 Å². The van der Waals surface area contributed by atoms with Gasteiger partial charge in [-0.3, -0.25) is 0 Å². The van der Waals surface area contributed by atoms with Gasteiger partial charge in [0, 0.05) is 5.41 Å². The van der Waals surface area contributed by atoms with Crippen molar-refractivity contribution >= 4 is 0 Å². The quantitative estimate of drug-likeness (QED) is 0.627. The fourth-order valence-corrected chi connectivity index (χ4v) is 1.83. The highest BCUT2D eigenvalue weighted by Gasteiger charge is 2.50. The third-order valence-electron chi connectivity index (χ3n) is 3.56. The predicted molar refractivity (Wildman–Crippen MR) is 55.7 cm³/mol. The highest BCUT2D eigenvalue weighted by molar-refractivity contribution is 5.02. The maximum atomic E-state index is 4.15. The van der Waals surface area contributed by atoms with Gasteiger partial charge in [0.15, 0.2) is 5.66 Å². The zero-order valence-corrected chi connectivity index (χ0v) is 9.81. The lowest BCUT2D eigenvalue weighted by molar-refractivity contribution is 0.143. The summed E-state index contributed by atoms with van der Waals surface area (Å²) in [4.78, 5) is 0. The van der Waals surface area contributed by atoms with Crippen LogP contribution in [-0.2, 0) is 0 Å². The Labute approximate surface area is 81.8 Å². The summed E-state index contributed by atoms with van der Waals surface area (Å²) in [5.41, 5.74) is 0.506. The average molecular weight is 182 g/mol. The average Bonchev–Trinajstić information content (AvgIpc) is 2.67. The molecule has 13 heavy (non-hydrogen) atoms. The van der Waals surface area contributed by atoms with Gasteiger partial charge in [-0.2, -0.15) is 10.2 Å². The maximum absolute atomic E-state index is 4.15. The number of rotatable bonds is 4. The second kappa shape index (κ2) is 2.79. The van der Waals surface area contributed by atoms with Crippen molar-refractivity contribution in [2.24, 2.45) is 21.1 Å². The topological polar surface area (TPSA) is 24.7 Å². The molecule has 0 saturated heterocycles. The Kier molecular flexibility index (Phi) is 2.29. The molecule has 76 valence electrons. The summed E-state index contributed by atoms with van der Waals surface area (Å²) in [6.45, 7) is 13.5. The summed E-state index contributed by atoms with van der Waals surface area (Å²) in [6.07, 6.45) is 2.40. The largest absolute Gasteiger partial charge is 0.193 e. The zero-order valence-electron chi connectivity index (χ0n) is 9.81. The number of hydrogen-bond acceptors (Lipinski definition) is 2. The fraction of sp³-hybridized carbons (Fsp3) is 1.00. The molecule has 1 aliphatic rings. The van der Waals surface area contributed by atoms with Crippen molar-refractivity contribution in [1.29, 1.82) is 0 Å². The van der Waals surface area contributed by atoms with E-state index in [2.05, 4.69) is 51.8 Å². The van der Waals surface area contributed by atoms with E-state index in [-0.39, 0.29) is 11.1 Å². The maximum Gasteiger partial charge on any atom is 0.193 e. The summed E-state index contributed by atoms with van der Waals surface area (Å²) >= 11 is 0. The van der Waals surface area contributed by atoms with Crippen molar-refractivity contribution < 1.29 is 0 Å². The molecule has 0 radical (unpaired) electrons. The Bertz CT molecular complexity index is 220. The monoisotopic (exact) mass is 182 g/mol. The van der Waals surface area contributed by atoms with Gasteiger partial charge in [0.05, 0.1) is 0 Å². The van der Waals surface area contributed by atoms with Gasteiger partial charge >= 0.3 is 0 Å². The van der Waals surface area contributed by atoms with Gasteiger partial charge in [0.2, 0.25) is 0 Å². The molecule has 0 aromatic heterocycles. The first-order valence-corrected chi connectivity index (χ1v) is 5.16. The molecule has 1 aliphatic heterocycles. The summed E-state index contributed by atoms with van der Waals surface area (Å²) in [6, 6.07) is 0. The summed E-state index contributed by atoms with van der Waals surface area (Å²) < 4.78 is 0. The molecule has 2 nitrogen and oxygen atoms in total. The molecule has 0 N–H and O–H groups in total. The minimum atomic E-state index is -0.0978. The van der Waals surface area contributed by atoms with Crippen molar-refractivity contribution in [3.63, 3.8) is 0 Å². The number of nitrogens with zero attached hydrogens (tertiary/aromatic N) is 2. The van der Waals surface area contributed by atoms with Crippen molar-refractivity contribution in [3.8, 4) is 0 Å². The van der Waals surface area contributed by atoms with Crippen LogP contribution in [0.15, 0.2) is 10.2 Å². The summed E-state index contributed by atoms with van der Waals surface area (Å²) in [7, 11) is 0. The Morgan fingerprint density at radius 2 is 1.54 bits per heavy atom. The smallest absolute Gasteiger partial charge is 0.159 e. The van der Waals surface area contributed by atoms with Crippen LogP contribution in [0.4, 0.5) is 0 Å². The molecule has 0 fully saturated rings. The zero-order chi connectivity index (χ0) is 10.3. The Morgan fingerprint density at radius 3 is 1.85 bits per heavy atom. The molecule has 0 atom stereocenters. The van der Waals surface area contributed by atoms with Crippen molar-refractivity contribution in [1.82, 2.24) is 0 Å². The van der Waals surface area contributed by atoms with Crippen molar-refractivity contribution in [3.05, 3.63) is 0 Å². The van der Waals surface area contributed by atoms with E-state index in [0.717, 1.165) is 0 Å². The van der Waals surface area contributed by atoms with E-state index in [1.165, 1.54) is 12.8 Å². The van der Waals surface area contributed by atoms with Crippen LogP contribution >= 0.6 is 0 Å². The van der Waals surface area contributed by atoms with Crippen molar-refractivity contribution in [2.75, 3.05) is 0 Å². The van der Waals surface area contributed by atoms with E-state index in [0.29, 0.717) is 5.41 Å². The molecule has 0 bridgehead atoms. The normalized spacial score (nSPS) is 20.5. The molecule has 0 saturated carbocycles. The molecule has 0 aromatic carbocycles. The van der Waals surface area contributed by atoms with Crippen molar-refractivity contribution in [2.45, 2.75) is 60.0 Å². The molecule has 1 heterocycles. The van der Waals surface area contributed by atoms with E-state index in [4.69, 9.17) is 0 Å². The molecule has 2 heteroatoms. The Morgan fingerprint density at radius 1 is 1.08 bits per heavy atom. The van der Waals surface area contributed by atoms with Gasteiger partial charge < -0.3 is 0 Å². The predicted octanol–water partition coefficient (Wildman–Crippen LogP) is 4.02. The van der Waals surface area contributed by atoms with Gasteiger partial charge in [-0.1, -0.05) is 41.0 Å². The van der Waals surface area contributed by atoms with E-state index < -0.39 is 0 Å². The van der Waals surface area contributed by atoms with Crippen LogP contribution in [-0.4, -0.2) is 5.66 Å². The van der Waals surface area contributed by atoms with Crippen LogP contribution in [0, 0.1) is 10.8 Å². The first-order valence-electron chi connectivity index (χ1n) is 5.16. The number of hydrogen-bond donors (Lipinski definition) is 0. The van der Waals surface area contributed by atoms with Gasteiger partial charge in [0.25, 0.3) is 0 Å². The molecule has 0 aromatic rings. The van der Waals surface area contributed by atoms with Gasteiger partial charge in [-0.15, -0.1) is 0 Å². The van der Waals surface area contributed by atoms with Crippen LogP contribution in [0.25, 0.3) is 0 Å². The molecule has 1 rings (SSSR count). The molecule has 0 amide bonds. The molecule has 0 spiro atoms. The fourth-order valence-electron chi connectivity index (χ4n) is 1.83. The Hall–Kier alpha value is -0.400. The Balaban J connectivity index is 2.62. The standard InChI is InChI=1S/C11H22N2/c1-7-9(2,3)8-10(4,5)11(6)12-13-11/h7-8H2,1-6H3. The first kappa shape index (κ1) is 10.7. The highest BCUT2D eigenvalue weighted by atomic mass is 15.4. The molecule has 0 aliphatic carbocycles. The van der Waals surface area contributed by atoms with Gasteiger partial charge in [-0.25, -0.2) is 0 Å². The first-order chi connectivity index (χ1) is 5.72. The lowest BCUT2D eigenvalue weighted by Crippen LogP contribution is -2.34. The van der Waals surface area contributed by atoms with E-state index in [1.54, 1.807) is 0 Å². The highest BCUT2D eigenvalue weighted by Crippen LogP contribution is 2.50. The third kappa shape index (κ3) is 2.09. The lowest BCUT2D eigenvalue weighted by atomic mass is 9.69. The van der Waals surface area contributed by atoms with Gasteiger partial charge in [-0.05, 0) is 18.8 Å². The van der Waals surface area contributed by atoms with Crippen LogP contribution in [0.2, 0.25) is 0 Å².